The average molecular weight is 435 g/mol. The molecule has 5 atom stereocenters. The first-order chi connectivity index (χ1) is 14.1. The van der Waals surface area contributed by atoms with Crippen molar-refractivity contribution in [2.45, 2.75) is 58.3 Å². The Balaban J connectivity index is 3.13. The molecule has 1 rings (SSSR count). The van der Waals surface area contributed by atoms with Crippen molar-refractivity contribution in [2.24, 2.45) is 0 Å². The Labute approximate surface area is 174 Å². The number of carbonyl (C=O) groups excluding carboxylic acids is 4. The number of carbonyl (C=O) groups is 4. The molecule has 1 aliphatic rings. The van der Waals surface area contributed by atoms with Gasteiger partial charge >= 0.3 is 17.9 Å². The van der Waals surface area contributed by atoms with Crippen LogP contribution >= 0.6 is 0 Å². The molecular weight excluding hydrogens is 404 g/mol. The van der Waals surface area contributed by atoms with E-state index in [9.17, 15) is 19.2 Å². The molecule has 1 aliphatic heterocycles. The highest BCUT2D eigenvalue weighted by Crippen LogP contribution is 2.28. The van der Waals surface area contributed by atoms with Crippen molar-refractivity contribution in [2.75, 3.05) is 33.0 Å². The lowest BCUT2D eigenvalue weighted by Gasteiger charge is -2.44. The monoisotopic (exact) mass is 435 g/mol. The van der Waals surface area contributed by atoms with Gasteiger partial charge in [-0.15, -0.1) is 0 Å². The molecule has 1 amide bonds. The zero-order valence-electron chi connectivity index (χ0n) is 17.7. The first kappa shape index (κ1) is 25.8. The second-order valence-corrected chi connectivity index (χ2v) is 6.56. The third-order valence-electron chi connectivity index (χ3n) is 3.87. The molecular formula is C18H31N2O10+. The van der Waals surface area contributed by atoms with Crippen LogP contribution in [0.2, 0.25) is 0 Å². The van der Waals surface area contributed by atoms with Crippen molar-refractivity contribution in [3.63, 3.8) is 0 Å². The van der Waals surface area contributed by atoms with E-state index in [1.54, 1.807) is 0 Å². The molecule has 30 heavy (non-hydrogen) atoms. The minimum atomic E-state index is -1.15. The summed E-state index contributed by atoms with van der Waals surface area (Å²) in [5, 5.41) is 2.61. The lowest BCUT2D eigenvalue weighted by molar-refractivity contribution is -0.374. The van der Waals surface area contributed by atoms with Gasteiger partial charge in [0.25, 0.3) is 0 Å². The fraction of sp³-hybridized carbons (Fsp3) is 0.778. The van der Waals surface area contributed by atoms with Gasteiger partial charge in [0.05, 0.1) is 26.4 Å². The second kappa shape index (κ2) is 13.1. The number of rotatable bonds is 11. The number of esters is 3. The highest BCUT2D eigenvalue weighted by atomic mass is 16.7. The van der Waals surface area contributed by atoms with E-state index in [0.717, 1.165) is 0 Å². The van der Waals surface area contributed by atoms with E-state index in [1.165, 1.54) is 27.7 Å². The molecule has 0 radical (unpaired) electrons. The maximum absolute atomic E-state index is 11.8. The number of hydrogen-bond donors (Lipinski definition) is 2. The summed E-state index contributed by atoms with van der Waals surface area (Å²) in [4.78, 5) is 46.4. The minimum Gasteiger partial charge on any atom is -0.463 e. The van der Waals surface area contributed by atoms with Crippen LogP contribution in [0.25, 0.3) is 0 Å². The SMILES string of the molecule is CC(=O)N[C@H]1[C@H](OCCOCC[NH3+])O[C@H](COC(C)=O)[C@H](OC(C)=O)[C@@H]1OC(C)=O. The molecule has 0 aromatic rings. The van der Waals surface area contributed by atoms with Crippen LogP contribution < -0.4 is 11.1 Å². The lowest BCUT2D eigenvalue weighted by atomic mass is 9.96. The Hall–Kier alpha value is -2.28. The van der Waals surface area contributed by atoms with Crippen molar-refractivity contribution in [1.82, 2.24) is 5.32 Å². The molecule has 12 heteroatoms. The Kier molecular flexibility index (Phi) is 11.3. The van der Waals surface area contributed by atoms with Crippen LogP contribution in [-0.4, -0.2) is 87.4 Å². The Bertz CT molecular complexity index is 600. The number of quaternary nitrogens is 1. The summed E-state index contributed by atoms with van der Waals surface area (Å²) in [7, 11) is 0. The smallest absolute Gasteiger partial charge is 0.303 e. The highest BCUT2D eigenvalue weighted by molar-refractivity contribution is 5.73. The molecule has 1 fully saturated rings. The van der Waals surface area contributed by atoms with Crippen LogP contribution in [0.1, 0.15) is 27.7 Å². The third-order valence-corrected chi connectivity index (χ3v) is 3.87. The van der Waals surface area contributed by atoms with Gasteiger partial charge in [-0.3, -0.25) is 19.2 Å². The molecule has 1 saturated heterocycles. The van der Waals surface area contributed by atoms with Gasteiger partial charge in [0.15, 0.2) is 18.5 Å². The van der Waals surface area contributed by atoms with Crippen LogP contribution in [-0.2, 0) is 47.6 Å². The van der Waals surface area contributed by atoms with E-state index in [1.807, 2.05) is 0 Å². The lowest BCUT2D eigenvalue weighted by Crippen LogP contribution is -2.66. The van der Waals surface area contributed by atoms with Crippen molar-refractivity contribution < 1.29 is 53.3 Å². The quantitative estimate of drug-likeness (QED) is 0.209. The molecule has 0 aliphatic carbocycles. The molecule has 0 saturated carbocycles. The molecule has 4 N–H and O–H groups in total. The first-order valence-corrected chi connectivity index (χ1v) is 9.54. The minimum absolute atomic E-state index is 0.103. The van der Waals surface area contributed by atoms with E-state index >= 15 is 0 Å². The summed E-state index contributed by atoms with van der Waals surface area (Å²) in [6.07, 6.45) is -4.38. The second-order valence-electron chi connectivity index (χ2n) is 6.56. The molecule has 1 heterocycles. The summed E-state index contributed by atoms with van der Waals surface area (Å²) in [5.41, 5.74) is 3.66. The molecule has 172 valence electrons. The molecule has 0 bridgehead atoms. The fourth-order valence-electron chi connectivity index (χ4n) is 2.86. The van der Waals surface area contributed by atoms with E-state index in [-0.39, 0.29) is 19.8 Å². The molecule has 12 nitrogen and oxygen atoms in total. The van der Waals surface area contributed by atoms with Crippen LogP contribution in [0.15, 0.2) is 0 Å². The highest BCUT2D eigenvalue weighted by Gasteiger charge is 2.51. The Morgan fingerprint density at radius 1 is 0.900 bits per heavy atom. The van der Waals surface area contributed by atoms with Gasteiger partial charge in [-0.25, -0.2) is 0 Å². The molecule has 0 aromatic heterocycles. The van der Waals surface area contributed by atoms with E-state index in [4.69, 9.17) is 28.4 Å². The predicted octanol–water partition coefficient (Wildman–Crippen LogP) is -2.08. The maximum Gasteiger partial charge on any atom is 0.303 e. The maximum atomic E-state index is 11.8. The average Bonchev–Trinajstić information content (AvgIpc) is 2.63. The van der Waals surface area contributed by atoms with Crippen molar-refractivity contribution in [3.05, 3.63) is 0 Å². The van der Waals surface area contributed by atoms with E-state index < -0.39 is 54.5 Å². The summed E-state index contributed by atoms with van der Waals surface area (Å²) >= 11 is 0. The van der Waals surface area contributed by atoms with E-state index in [0.29, 0.717) is 13.2 Å². The predicted molar refractivity (Wildman–Crippen MR) is 98.5 cm³/mol. The van der Waals surface area contributed by atoms with Gasteiger partial charge in [0.1, 0.15) is 18.8 Å². The summed E-state index contributed by atoms with van der Waals surface area (Å²) < 4.78 is 32.5. The van der Waals surface area contributed by atoms with Crippen LogP contribution in [0.4, 0.5) is 0 Å². The third kappa shape index (κ3) is 9.03. The summed E-state index contributed by atoms with van der Waals surface area (Å²) in [5.74, 6) is -2.36. The zero-order chi connectivity index (χ0) is 22.7. The molecule has 0 aromatic carbocycles. The van der Waals surface area contributed by atoms with E-state index in [2.05, 4.69) is 11.1 Å². The standard InChI is InChI=1S/C18H30N2O10/c1-10(21)20-15-17(29-13(4)24)16(28-12(3)23)14(9-27-11(2)22)30-18(15)26-8-7-25-6-5-19/h14-18H,5-9,19H2,1-4H3,(H,20,21)/p+1/t14-,15-,16+,17-,18-/m1/s1. The van der Waals surface area contributed by atoms with Crippen LogP contribution in [0.5, 0.6) is 0 Å². The first-order valence-electron chi connectivity index (χ1n) is 9.54. The van der Waals surface area contributed by atoms with Crippen molar-refractivity contribution >= 4 is 23.8 Å². The van der Waals surface area contributed by atoms with Crippen LogP contribution in [0.3, 0.4) is 0 Å². The number of nitrogens with one attached hydrogen (secondary N) is 1. The van der Waals surface area contributed by atoms with Gasteiger partial charge in [0, 0.05) is 27.7 Å². The van der Waals surface area contributed by atoms with Crippen molar-refractivity contribution in [1.29, 1.82) is 0 Å². The fourth-order valence-corrected chi connectivity index (χ4v) is 2.86. The normalized spacial score (nSPS) is 25.8. The largest absolute Gasteiger partial charge is 0.463 e. The van der Waals surface area contributed by atoms with Crippen LogP contribution in [0, 0.1) is 0 Å². The molecule has 0 unspecified atom stereocenters. The van der Waals surface area contributed by atoms with Gasteiger partial charge in [-0.1, -0.05) is 0 Å². The zero-order valence-corrected chi connectivity index (χ0v) is 17.7. The van der Waals surface area contributed by atoms with Gasteiger partial charge < -0.3 is 39.5 Å². The topological polar surface area (TPSA) is 163 Å². The van der Waals surface area contributed by atoms with Gasteiger partial charge in [-0.05, 0) is 0 Å². The number of hydrogen-bond acceptors (Lipinski definition) is 10. The Morgan fingerprint density at radius 2 is 1.53 bits per heavy atom. The Morgan fingerprint density at radius 3 is 2.07 bits per heavy atom. The van der Waals surface area contributed by atoms with Gasteiger partial charge in [-0.2, -0.15) is 0 Å². The van der Waals surface area contributed by atoms with Gasteiger partial charge in [0.2, 0.25) is 5.91 Å². The summed E-state index contributed by atoms with van der Waals surface area (Å²) in [6, 6.07) is -0.989. The number of ether oxygens (including phenoxy) is 6. The number of amides is 1. The van der Waals surface area contributed by atoms with Crippen molar-refractivity contribution in [3.8, 4) is 0 Å². The molecule has 0 spiro atoms. The summed E-state index contributed by atoms with van der Waals surface area (Å²) in [6.45, 7) is 5.93.